The van der Waals surface area contributed by atoms with Crippen LogP contribution in [-0.2, 0) is 4.79 Å². The van der Waals surface area contributed by atoms with E-state index in [2.05, 4.69) is 0 Å². The van der Waals surface area contributed by atoms with Crippen molar-refractivity contribution in [1.29, 1.82) is 0 Å². The predicted molar refractivity (Wildman–Crippen MR) is 63.1 cm³/mol. The van der Waals surface area contributed by atoms with Crippen molar-refractivity contribution in [3.8, 4) is 0 Å². The van der Waals surface area contributed by atoms with Gasteiger partial charge in [0.1, 0.15) is 0 Å². The summed E-state index contributed by atoms with van der Waals surface area (Å²) >= 11 is 1.10. The Hall–Kier alpha value is -1.09. The van der Waals surface area contributed by atoms with Gasteiger partial charge in [0, 0.05) is 11.5 Å². The van der Waals surface area contributed by atoms with Gasteiger partial charge >= 0.3 is 0 Å². The minimum atomic E-state index is -0.0152. The lowest BCUT2D eigenvalue weighted by Crippen LogP contribution is -2.08. The summed E-state index contributed by atoms with van der Waals surface area (Å²) in [6, 6.07) is 9.04. The summed E-state index contributed by atoms with van der Waals surface area (Å²) in [6.07, 6.45) is 0. The molecule has 0 N–H and O–H groups in total. The van der Waals surface area contributed by atoms with Crippen molar-refractivity contribution >= 4 is 22.7 Å². The van der Waals surface area contributed by atoms with Crippen molar-refractivity contribution in [2.75, 3.05) is 5.75 Å². The Balaban J connectivity index is 2.48. The lowest BCUT2D eigenvalue weighted by molar-refractivity contribution is -0.113. The van der Waals surface area contributed by atoms with E-state index in [0.29, 0.717) is 5.56 Å². The second kappa shape index (κ2) is 5.71. The molecule has 0 aliphatic carbocycles. The normalized spacial score (nSPS) is 10.3. The maximum Gasteiger partial charge on any atom is 0.191 e. The molecule has 0 radical (unpaired) electrons. The van der Waals surface area contributed by atoms with E-state index in [1.54, 1.807) is 12.1 Å². The molecule has 15 heavy (non-hydrogen) atoms. The number of Topliss-reactive ketones (excluding diaryl/α,β-unsaturated/α-hetero) is 1. The van der Waals surface area contributed by atoms with Crippen LogP contribution >= 0.6 is 11.8 Å². The molecule has 0 aliphatic heterocycles. The van der Waals surface area contributed by atoms with Crippen LogP contribution in [0, 0.1) is 5.92 Å². The van der Waals surface area contributed by atoms with E-state index in [-0.39, 0.29) is 22.6 Å². The first kappa shape index (κ1) is 12.0. The zero-order valence-electron chi connectivity index (χ0n) is 8.90. The van der Waals surface area contributed by atoms with Crippen LogP contribution in [0.2, 0.25) is 0 Å². The summed E-state index contributed by atoms with van der Waals surface area (Å²) in [7, 11) is 0. The minimum Gasteiger partial charge on any atom is -0.293 e. The summed E-state index contributed by atoms with van der Waals surface area (Å²) in [4.78, 5) is 22.9. The number of benzene rings is 1. The summed E-state index contributed by atoms with van der Waals surface area (Å²) in [5, 5.41) is 0.0688. The first-order valence-corrected chi connectivity index (χ1v) is 5.84. The van der Waals surface area contributed by atoms with Crippen LogP contribution in [0.4, 0.5) is 0 Å². The van der Waals surface area contributed by atoms with Gasteiger partial charge < -0.3 is 0 Å². The Bertz CT molecular complexity index is 344. The monoisotopic (exact) mass is 222 g/mol. The van der Waals surface area contributed by atoms with E-state index in [4.69, 9.17) is 0 Å². The average molecular weight is 222 g/mol. The van der Waals surface area contributed by atoms with E-state index >= 15 is 0 Å². The first-order chi connectivity index (χ1) is 7.11. The average Bonchev–Trinajstić information content (AvgIpc) is 2.26. The fraction of sp³-hybridized carbons (Fsp3) is 0.333. The van der Waals surface area contributed by atoms with E-state index in [9.17, 15) is 9.59 Å². The largest absolute Gasteiger partial charge is 0.293 e. The Morgan fingerprint density at radius 1 is 1.20 bits per heavy atom. The first-order valence-electron chi connectivity index (χ1n) is 4.86. The molecule has 1 aromatic carbocycles. The quantitative estimate of drug-likeness (QED) is 0.735. The molecule has 1 rings (SSSR count). The lowest BCUT2D eigenvalue weighted by atomic mass is 10.2. The van der Waals surface area contributed by atoms with Gasteiger partial charge in [-0.25, -0.2) is 0 Å². The third kappa shape index (κ3) is 3.88. The fourth-order valence-corrected chi connectivity index (χ4v) is 1.78. The molecule has 0 saturated carbocycles. The Morgan fingerprint density at radius 2 is 1.80 bits per heavy atom. The molecule has 2 nitrogen and oxygen atoms in total. The van der Waals surface area contributed by atoms with Crippen molar-refractivity contribution < 1.29 is 9.59 Å². The molecule has 80 valence electrons. The molecular formula is C12H14O2S. The number of rotatable bonds is 4. The molecule has 0 amide bonds. The van der Waals surface area contributed by atoms with Gasteiger partial charge in [0.05, 0.1) is 5.75 Å². The molecule has 0 unspecified atom stereocenters. The zero-order chi connectivity index (χ0) is 11.3. The molecule has 0 aromatic heterocycles. The van der Waals surface area contributed by atoms with Gasteiger partial charge in [-0.3, -0.25) is 9.59 Å². The van der Waals surface area contributed by atoms with Gasteiger partial charge in [-0.15, -0.1) is 0 Å². The highest BCUT2D eigenvalue weighted by Gasteiger charge is 2.11. The van der Waals surface area contributed by atoms with Gasteiger partial charge in [0.2, 0.25) is 0 Å². The number of thioether (sulfide) groups is 1. The highest BCUT2D eigenvalue weighted by atomic mass is 32.2. The number of hydrogen-bond acceptors (Lipinski definition) is 3. The minimum absolute atomic E-state index is 0.00889. The van der Waals surface area contributed by atoms with Crippen LogP contribution in [-0.4, -0.2) is 16.7 Å². The van der Waals surface area contributed by atoms with Crippen LogP contribution in [0.15, 0.2) is 30.3 Å². The van der Waals surface area contributed by atoms with Gasteiger partial charge in [-0.1, -0.05) is 55.9 Å². The summed E-state index contributed by atoms with van der Waals surface area (Å²) in [6.45, 7) is 3.67. The van der Waals surface area contributed by atoms with Gasteiger partial charge in [0.25, 0.3) is 0 Å². The van der Waals surface area contributed by atoms with Crippen LogP contribution in [0.5, 0.6) is 0 Å². The predicted octanol–water partition coefficient (Wildman–Crippen LogP) is 2.79. The second-order valence-electron chi connectivity index (χ2n) is 3.55. The Kier molecular flexibility index (Phi) is 4.56. The number of ketones is 1. The molecular weight excluding hydrogens is 208 g/mol. The van der Waals surface area contributed by atoms with Gasteiger partial charge in [0.15, 0.2) is 10.9 Å². The SMILES string of the molecule is CC(C)C(=O)SCC(=O)c1ccccc1. The molecule has 0 saturated heterocycles. The summed E-state index contributed by atoms with van der Waals surface area (Å²) in [5.74, 6) is 0.231. The third-order valence-corrected chi connectivity index (χ3v) is 3.08. The maximum atomic E-state index is 11.6. The smallest absolute Gasteiger partial charge is 0.191 e. The number of hydrogen-bond donors (Lipinski definition) is 0. The zero-order valence-corrected chi connectivity index (χ0v) is 9.71. The lowest BCUT2D eigenvalue weighted by Gasteiger charge is -2.02. The van der Waals surface area contributed by atoms with Crippen LogP contribution in [0.25, 0.3) is 0 Å². The fourth-order valence-electron chi connectivity index (χ4n) is 1.01. The molecule has 0 bridgehead atoms. The van der Waals surface area contributed by atoms with E-state index in [0.717, 1.165) is 11.8 Å². The molecule has 0 atom stereocenters. The van der Waals surface area contributed by atoms with Crippen molar-refractivity contribution in [2.24, 2.45) is 5.92 Å². The molecule has 0 spiro atoms. The van der Waals surface area contributed by atoms with Crippen molar-refractivity contribution in [3.05, 3.63) is 35.9 Å². The maximum absolute atomic E-state index is 11.6. The van der Waals surface area contributed by atoms with Crippen molar-refractivity contribution in [2.45, 2.75) is 13.8 Å². The molecule has 0 heterocycles. The van der Waals surface area contributed by atoms with Crippen molar-refractivity contribution in [3.63, 3.8) is 0 Å². The van der Waals surface area contributed by atoms with E-state index < -0.39 is 0 Å². The highest BCUT2D eigenvalue weighted by molar-refractivity contribution is 8.14. The Labute approximate surface area is 94.1 Å². The Morgan fingerprint density at radius 3 is 2.33 bits per heavy atom. The summed E-state index contributed by atoms with van der Waals surface area (Å²) < 4.78 is 0. The van der Waals surface area contributed by atoms with Crippen LogP contribution in [0.3, 0.4) is 0 Å². The number of carbonyl (C=O) groups excluding carboxylic acids is 2. The highest BCUT2D eigenvalue weighted by Crippen LogP contribution is 2.12. The number of carbonyl (C=O) groups is 2. The second-order valence-corrected chi connectivity index (χ2v) is 4.53. The van der Waals surface area contributed by atoms with E-state index in [1.165, 1.54) is 0 Å². The molecule has 0 aliphatic rings. The van der Waals surface area contributed by atoms with Crippen LogP contribution < -0.4 is 0 Å². The van der Waals surface area contributed by atoms with Gasteiger partial charge in [-0.2, -0.15) is 0 Å². The van der Waals surface area contributed by atoms with Crippen molar-refractivity contribution in [1.82, 2.24) is 0 Å². The molecule has 0 fully saturated rings. The molecule has 3 heteroatoms. The molecule has 1 aromatic rings. The van der Waals surface area contributed by atoms with Gasteiger partial charge in [-0.05, 0) is 0 Å². The third-order valence-electron chi connectivity index (χ3n) is 1.91. The standard InChI is InChI=1S/C12H14O2S/c1-9(2)12(14)15-8-11(13)10-6-4-3-5-7-10/h3-7,9H,8H2,1-2H3. The topological polar surface area (TPSA) is 34.1 Å². The van der Waals surface area contributed by atoms with Crippen LogP contribution in [0.1, 0.15) is 24.2 Å². The van der Waals surface area contributed by atoms with E-state index in [1.807, 2.05) is 32.0 Å². The summed E-state index contributed by atoms with van der Waals surface area (Å²) in [5.41, 5.74) is 0.668.